The van der Waals surface area contributed by atoms with Gasteiger partial charge in [-0.05, 0) is 31.5 Å². The molecule has 6 heteroatoms. The number of anilines is 1. The molecule has 0 radical (unpaired) electrons. The molecule has 0 heterocycles. The molecular formula is C15H24N4O2. The van der Waals surface area contributed by atoms with E-state index in [1.54, 1.807) is 7.11 Å². The van der Waals surface area contributed by atoms with Crippen LogP contribution in [0.2, 0.25) is 0 Å². The van der Waals surface area contributed by atoms with E-state index in [-0.39, 0.29) is 5.91 Å². The summed E-state index contributed by atoms with van der Waals surface area (Å²) in [4.78, 5) is 17.6. The van der Waals surface area contributed by atoms with Crippen molar-refractivity contribution in [3.8, 4) is 5.75 Å². The molecule has 1 aromatic rings. The highest BCUT2D eigenvalue weighted by Crippen LogP contribution is 2.25. The summed E-state index contributed by atoms with van der Waals surface area (Å²) < 4.78 is 5.22. The molecular weight excluding hydrogens is 268 g/mol. The fourth-order valence-corrected chi connectivity index (χ4v) is 1.96. The first kappa shape index (κ1) is 16.8. The van der Waals surface area contributed by atoms with Gasteiger partial charge in [-0.1, -0.05) is 6.07 Å². The molecule has 0 saturated heterocycles. The summed E-state index contributed by atoms with van der Waals surface area (Å²) in [6.07, 6.45) is 0. The Hall–Kier alpha value is -2.24. The highest BCUT2D eigenvalue weighted by atomic mass is 16.5. The third kappa shape index (κ3) is 4.98. The third-order valence-corrected chi connectivity index (χ3v) is 3.09. The number of methoxy groups -OCH3 is 1. The van der Waals surface area contributed by atoms with Crippen molar-refractivity contribution in [3.05, 3.63) is 23.8 Å². The van der Waals surface area contributed by atoms with Crippen LogP contribution in [0.15, 0.2) is 23.2 Å². The number of rotatable bonds is 6. The number of amides is 1. The van der Waals surface area contributed by atoms with Gasteiger partial charge in [0.05, 0.1) is 19.3 Å². The van der Waals surface area contributed by atoms with Crippen molar-refractivity contribution in [1.29, 1.82) is 0 Å². The van der Waals surface area contributed by atoms with E-state index in [2.05, 4.69) is 10.3 Å². The molecule has 116 valence electrons. The number of carbonyl (C=O) groups is 1. The van der Waals surface area contributed by atoms with E-state index in [0.717, 1.165) is 18.7 Å². The first-order chi connectivity index (χ1) is 10.0. The number of ether oxygens (including phenoxy) is 1. The summed E-state index contributed by atoms with van der Waals surface area (Å²) in [5.41, 5.74) is 7.53. The molecule has 6 nitrogen and oxygen atoms in total. The first-order valence-electron chi connectivity index (χ1n) is 7.01. The molecule has 0 bridgehead atoms. The molecule has 0 aliphatic heterocycles. The lowest BCUT2D eigenvalue weighted by molar-refractivity contribution is -0.114. The van der Waals surface area contributed by atoms with Crippen LogP contribution >= 0.6 is 0 Å². The molecule has 3 N–H and O–H groups in total. The molecule has 0 unspecified atom stereocenters. The van der Waals surface area contributed by atoms with Crippen molar-refractivity contribution in [2.45, 2.75) is 27.3 Å². The second-order valence-electron chi connectivity index (χ2n) is 4.56. The molecule has 1 rings (SSSR count). The van der Waals surface area contributed by atoms with Gasteiger partial charge in [-0.3, -0.25) is 4.79 Å². The van der Waals surface area contributed by atoms with Crippen LogP contribution in [0.1, 0.15) is 26.3 Å². The fourth-order valence-electron chi connectivity index (χ4n) is 1.96. The Bertz CT molecular complexity index is 510. The lowest BCUT2D eigenvalue weighted by Gasteiger charge is -2.19. The average molecular weight is 292 g/mol. The van der Waals surface area contributed by atoms with Crippen LogP contribution in [-0.2, 0) is 11.3 Å². The zero-order chi connectivity index (χ0) is 15.8. The predicted molar refractivity (Wildman–Crippen MR) is 85.5 cm³/mol. The summed E-state index contributed by atoms with van der Waals surface area (Å²) in [7, 11) is 1.57. The third-order valence-electron chi connectivity index (χ3n) is 3.09. The van der Waals surface area contributed by atoms with Crippen LogP contribution in [-0.4, -0.2) is 37.0 Å². The molecule has 0 aliphatic carbocycles. The number of hydrogen-bond acceptors (Lipinski definition) is 3. The van der Waals surface area contributed by atoms with Gasteiger partial charge in [-0.15, -0.1) is 0 Å². The number of nitrogens with zero attached hydrogens (tertiary/aromatic N) is 2. The van der Waals surface area contributed by atoms with E-state index in [4.69, 9.17) is 10.5 Å². The predicted octanol–water partition coefficient (Wildman–Crippen LogP) is 1.81. The van der Waals surface area contributed by atoms with Crippen molar-refractivity contribution in [2.24, 2.45) is 10.7 Å². The topological polar surface area (TPSA) is 79.9 Å². The van der Waals surface area contributed by atoms with Gasteiger partial charge in [0.25, 0.3) is 0 Å². The average Bonchev–Trinajstić information content (AvgIpc) is 2.46. The largest absolute Gasteiger partial charge is 0.495 e. The maximum Gasteiger partial charge on any atom is 0.221 e. The van der Waals surface area contributed by atoms with Crippen LogP contribution in [0.25, 0.3) is 0 Å². The molecule has 0 saturated carbocycles. The minimum atomic E-state index is -0.142. The van der Waals surface area contributed by atoms with E-state index in [9.17, 15) is 4.79 Å². The van der Waals surface area contributed by atoms with E-state index in [1.807, 2.05) is 36.9 Å². The number of aliphatic imine (C=N–C) groups is 1. The molecule has 1 amide bonds. The smallest absolute Gasteiger partial charge is 0.221 e. The number of benzene rings is 1. The van der Waals surface area contributed by atoms with E-state index >= 15 is 0 Å². The highest BCUT2D eigenvalue weighted by molar-refractivity contribution is 5.90. The number of carbonyl (C=O) groups excluding carboxylic acids is 1. The molecule has 0 spiro atoms. The van der Waals surface area contributed by atoms with Crippen molar-refractivity contribution in [2.75, 3.05) is 25.5 Å². The van der Waals surface area contributed by atoms with Gasteiger partial charge < -0.3 is 20.7 Å². The van der Waals surface area contributed by atoms with E-state index < -0.39 is 0 Å². The van der Waals surface area contributed by atoms with Gasteiger partial charge >= 0.3 is 0 Å². The zero-order valence-corrected chi connectivity index (χ0v) is 13.1. The van der Waals surface area contributed by atoms with Crippen molar-refractivity contribution < 1.29 is 9.53 Å². The summed E-state index contributed by atoms with van der Waals surface area (Å²) in [6, 6.07) is 5.56. The second-order valence-corrected chi connectivity index (χ2v) is 4.56. The van der Waals surface area contributed by atoms with Gasteiger partial charge in [0.15, 0.2) is 5.96 Å². The maximum atomic E-state index is 11.2. The van der Waals surface area contributed by atoms with Gasteiger partial charge in [0, 0.05) is 20.0 Å². The minimum Gasteiger partial charge on any atom is -0.495 e. The Morgan fingerprint density at radius 1 is 1.38 bits per heavy atom. The van der Waals surface area contributed by atoms with Crippen LogP contribution in [0.4, 0.5) is 5.69 Å². The number of hydrogen-bond donors (Lipinski definition) is 2. The van der Waals surface area contributed by atoms with Crippen LogP contribution in [0.5, 0.6) is 5.75 Å². The fraction of sp³-hybridized carbons (Fsp3) is 0.467. The normalized spacial score (nSPS) is 11.1. The minimum absolute atomic E-state index is 0.142. The van der Waals surface area contributed by atoms with Gasteiger partial charge in [0.1, 0.15) is 5.75 Å². The highest BCUT2D eigenvalue weighted by Gasteiger charge is 2.07. The quantitative estimate of drug-likeness (QED) is 0.619. The zero-order valence-electron chi connectivity index (χ0n) is 13.1. The van der Waals surface area contributed by atoms with Gasteiger partial charge in [0.2, 0.25) is 5.91 Å². The van der Waals surface area contributed by atoms with Crippen molar-refractivity contribution in [1.82, 2.24) is 4.90 Å². The SMILES string of the molecule is CCN(CC)C(N)=NCc1ccc(OC)c(NC(C)=O)c1. The Labute approximate surface area is 126 Å². The number of nitrogens with two attached hydrogens (primary N) is 1. The Morgan fingerprint density at radius 2 is 2.05 bits per heavy atom. The molecule has 0 aliphatic rings. The Kier molecular flexibility index (Phi) is 6.52. The van der Waals surface area contributed by atoms with Crippen molar-refractivity contribution in [3.63, 3.8) is 0 Å². The van der Waals surface area contributed by atoms with E-state index in [0.29, 0.717) is 23.9 Å². The van der Waals surface area contributed by atoms with Crippen LogP contribution < -0.4 is 15.8 Å². The van der Waals surface area contributed by atoms with Gasteiger partial charge in [-0.25, -0.2) is 4.99 Å². The molecule has 21 heavy (non-hydrogen) atoms. The maximum absolute atomic E-state index is 11.2. The standard InChI is InChI=1S/C15H24N4O2/c1-5-19(6-2)15(16)17-10-12-7-8-14(21-4)13(9-12)18-11(3)20/h7-9H,5-6,10H2,1-4H3,(H2,16,17)(H,18,20). The molecule has 0 atom stereocenters. The molecule has 0 aromatic heterocycles. The summed E-state index contributed by atoms with van der Waals surface area (Å²) in [5, 5.41) is 2.74. The van der Waals surface area contributed by atoms with Gasteiger partial charge in [-0.2, -0.15) is 0 Å². The number of nitrogens with one attached hydrogen (secondary N) is 1. The monoisotopic (exact) mass is 292 g/mol. The first-order valence-corrected chi connectivity index (χ1v) is 7.01. The molecule has 1 aromatic carbocycles. The van der Waals surface area contributed by atoms with Crippen molar-refractivity contribution >= 4 is 17.6 Å². The Balaban J connectivity index is 2.89. The van der Waals surface area contributed by atoms with E-state index in [1.165, 1.54) is 6.92 Å². The molecule has 0 fully saturated rings. The lowest BCUT2D eigenvalue weighted by Crippen LogP contribution is -2.37. The summed E-state index contributed by atoms with van der Waals surface area (Å²) in [6.45, 7) is 7.64. The summed E-state index contributed by atoms with van der Waals surface area (Å²) in [5.74, 6) is 1.00. The number of guanidine groups is 1. The summed E-state index contributed by atoms with van der Waals surface area (Å²) >= 11 is 0. The lowest BCUT2D eigenvalue weighted by atomic mass is 10.2. The van der Waals surface area contributed by atoms with Crippen LogP contribution in [0.3, 0.4) is 0 Å². The Morgan fingerprint density at radius 3 is 2.57 bits per heavy atom. The van der Waals surface area contributed by atoms with Crippen LogP contribution in [0, 0.1) is 0 Å². The second kappa shape index (κ2) is 8.14.